The van der Waals surface area contributed by atoms with Crippen molar-refractivity contribution in [2.45, 2.75) is 6.42 Å². The first-order chi connectivity index (χ1) is 9.29. The topological polar surface area (TPSA) is 43.3 Å². The van der Waals surface area contributed by atoms with Crippen LogP contribution in [0.3, 0.4) is 0 Å². The van der Waals surface area contributed by atoms with Crippen LogP contribution in [0.1, 0.15) is 5.69 Å². The summed E-state index contributed by atoms with van der Waals surface area (Å²) in [7, 11) is 0. The number of benzene rings is 1. The molecular weight excluding hydrogens is 302 g/mol. The summed E-state index contributed by atoms with van der Waals surface area (Å²) in [5, 5.41) is 0. The highest BCUT2D eigenvalue weighted by Crippen LogP contribution is 2.26. The number of hydrogen-bond acceptors (Lipinski definition) is 2. The van der Waals surface area contributed by atoms with Crippen molar-refractivity contribution in [3.63, 3.8) is 0 Å². The Morgan fingerprint density at radius 1 is 1.11 bits per heavy atom. The molecule has 2 N–H and O–H groups in total. The van der Waals surface area contributed by atoms with Crippen LogP contribution >= 0.6 is 15.9 Å². The van der Waals surface area contributed by atoms with Crippen LogP contribution < -0.4 is 5.73 Å². The number of imidazole rings is 1. The second kappa shape index (κ2) is 5.15. The number of fused-ring (bicyclic) bond motifs is 1. The van der Waals surface area contributed by atoms with Crippen LogP contribution in [0.5, 0.6) is 0 Å². The lowest BCUT2D eigenvalue weighted by Gasteiger charge is -2.05. The third-order valence-electron chi connectivity index (χ3n) is 3.08. The molecule has 0 spiro atoms. The smallest absolute Gasteiger partial charge is 0.137 e. The monoisotopic (exact) mass is 315 g/mol. The molecule has 0 bridgehead atoms. The average Bonchev–Trinajstić information content (AvgIpc) is 2.77. The van der Waals surface area contributed by atoms with Crippen molar-refractivity contribution in [3.05, 3.63) is 58.8 Å². The standard InChI is InChI=1S/C15H14BrN3/c16-12-6-7-14-18-13(8-9-17)15(19(14)10-12)11-4-2-1-3-5-11/h1-7,10H,8-9,17H2. The normalized spacial score (nSPS) is 11.1. The summed E-state index contributed by atoms with van der Waals surface area (Å²) in [6.07, 6.45) is 2.83. The van der Waals surface area contributed by atoms with Crippen molar-refractivity contribution in [2.75, 3.05) is 6.54 Å². The third-order valence-corrected chi connectivity index (χ3v) is 3.55. The van der Waals surface area contributed by atoms with Crippen molar-refractivity contribution in [1.29, 1.82) is 0 Å². The molecule has 0 atom stereocenters. The maximum Gasteiger partial charge on any atom is 0.137 e. The van der Waals surface area contributed by atoms with Gasteiger partial charge in [0.2, 0.25) is 0 Å². The fraction of sp³-hybridized carbons (Fsp3) is 0.133. The van der Waals surface area contributed by atoms with Gasteiger partial charge in [0.15, 0.2) is 0 Å². The second-order valence-corrected chi connectivity index (χ2v) is 5.30. The summed E-state index contributed by atoms with van der Waals surface area (Å²) < 4.78 is 3.15. The van der Waals surface area contributed by atoms with Gasteiger partial charge in [-0.25, -0.2) is 4.98 Å². The Morgan fingerprint density at radius 2 is 1.89 bits per heavy atom. The number of halogens is 1. The van der Waals surface area contributed by atoms with Crippen molar-refractivity contribution < 1.29 is 0 Å². The van der Waals surface area contributed by atoms with E-state index in [4.69, 9.17) is 5.73 Å². The maximum atomic E-state index is 5.70. The minimum atomic E-state index is 0.602. The van der Waals surface area contributed by atoms with E-state index in [9.17, 15) is 0 Å². The molecule has 0 amide bonds. The number of hydrogen-bond donors (Lipinski definition) is 1. The molecule has 0 aliphatic rings. The molecule has 3 rings (SSSR count). The van der Waals surface area contributed by atoms with Crippen LogP contribution in [-0.4, -0.2) is 15.9 Å². The van der Waals surface area contributed by atoms with Crippen LogP contribution in [0.25, 0.3) is 16.9 Å². The predicted octanol–water partition coefficient (Wildman–Crippen LogP) is 3.27. The molecule has 0 aliphatic carbocycles. The van der Waals surface area contributed by atoms with Gasteiger partial charge in [0.25, 0.3) is 0 Å². The summed E-state index contributed by atoms with van der Waals surface area (Å²) in [5.74, 6) is 0. The Kier molecular flexibility index (Phi) is 3.36. The van der Waals surface area contributed by atoms with Gasteiger partial charge >= 0.3 is 0 Å². The van der Waals surface area contributed by atoms with E-state index in [0.29, 0.717) is 6.54 Å². The number of rotatable bonds is 3. The van der Waals surface area contributed by atoms with Crippen molar-refractivity contribution in [3.8, 4) is 11.3 Å². The van der Waals surface area contributed by atoms with Crippen LogP contribution in [0.2, 0.25) is 0 Å². The first kappa shape index (κ1) is 12.4. The van der Waals surface area contributed by atoms with E-state index in [1.807, 2.05) is 36.5 Å². The zero-order valence-corrected chi connectivity index (χ0v) is 12.0. The Hall–Kier alpha value is -1.65. The van der Waals surface area contributed by atoms with E-state index in [2.05, 4.69) is 37.4 Å². The minimum Gasteiger partial charge on any atom is -0.330 e. The molecule has 1 aromatic carbocycles. The zero-order valence-electron chi connectivity index (χ0n) is 10.4. The van der Waals surface area contributed by atoms with Crippen molar-refractivity contribution in [1.82, 2.24) is 9.38 Å². The minimum absolute atomic E-state index is 0.602. The van der Waals surface area contributed by atoms with Gasteiger partial charge in [-0.05, 0) is 34.6 Å². The predicted molar refractivity (Wildman–Crippen MR) is 81.1 cm³/mol. The van der Waals surface area contributed by atoms with Crippen molar-refractivity contribution in [2.24, 2.45) is 5.73 Å². The summed E-state index contributed by atoms with van der Waals surface area (Å²) in [5.41, 5.74) is 9.99. The van der Waals surface area contributed by atoms with Crippen molar-refractivity contribution >= 4 is 21.6 Å². The quantitative estimate of drug-likeness (QED) is 0.806. The molecule has 2 heterocycles. The van der Waals surface area contributed by atoms with Gasteiger partial charge in [0.05, 0.1) is 11.4 Å². The first-order valence-electron chi connectivity index (χ1n) is 6.21. The van der Waals surface area contributed by atoms with E-state index in [1.54, 1.807) is 0 Å². The highest BCUT2D eigenvalue weighted by Gasteiger charge is 2.13. The third kappa shape index (κ3) is 2.29. The zero-order chi connectivity index (χ0) is 13.2. The molecule has 0 unspecified atom stereocenters. The molecule has 2 aromatic heterocycles. The summed E-state index contributed by atoms with van der Waals surface area (Å²) in [6.45, 7) is 0.602. The van der Waals surface area contributed by atoms with Gasteiger partial charge in [-0.1, -0.05) is 30.3 Å². The average molecular weight is 316 g/mol. The Balaban J connectivity index is 2.30. The highest BCUT2D eigenvalue weighted by molar-refractivity contribution is 9.10. The van der Waals surface area contributed by atoms with E-state index in [-0.39, 0.29) is 0 Å². The molecule has 0 saturated heterocycles. The Morgan fingerprint density at radius 3 is 2.63 bits per heavy atom. The molecular formula is C15H14BrN3. The number of nitrogens with two attached hydrogens (primary N) is 1. The van der Waals surface area contributed by atoms with Gasteiger partial charge in [-0.2, -0.15) is 0 Å². The van der Waals surface area contributed by atoms with Gasteiger partial charge in [-0.15, -0.1) is 0 Å². The van der Waals surface area contributed by atoms with Crippen LogP contribution in [-0.2, 0) is 6.42 Å². The molecule has 4 heteroatoms. The molecule has 0 saturated carbocycles. The number of nitrogens with zero attached hydrogens (tertiary/aromatic N) is 2. The Bertz CT molecular complexity index is 704. The second-order valence-electron chi connectivity index (χ2n) is 4.39. The van der Waals surface area contributed by atoms with E-state index < -0.39 is 0 Å². The SMILES string of the molecule is NCCc1nc2ccc(Br)cn2c1-c1ccccc1. The summed E-state index contributed by atoms with van der Waals surface area (Å²) in [6, 6.07) is 14.3. The number of pyridine rings is 1. The Labute approximate surface area is 120 Å². The summed E-state index contributed by atoms with van der Waals surface area (Å²) >= 11 is 3.51. The lowest BCUT2D eigenvalue weighted by atomic mass is 10.1. The van der Waals surface area contributed by atoms with Crippen LogP contribution in [0.15, 0.2) is 53.1 Å². The fourth-order valence-electron chi connectivity index (χ4n) is 2.28. The maximum absolute atomic E-state index is 5.70. The fourth-order valence-corrected chi connectivity index (χ4v) is 2.62. The van der Waals surface area contributed by atoms with E-state index in [0.717, 1.165) is 33.5 Å². The molecule has 3 aromatic rings. The lowest BCUT2D eigenvalue weighted by molar-refractivity contribution is 0.939. The highest BCUT2D eigenvalue weighted by atomic mass is 79.9. The number of aromatic nitrogens is 2. The molecule has 19 heavy (non-hydrogen) atoms. The van der Waals surface area contributed by atoms with Gasteiger partial charge < -0.3 is 5.73 Å². The van der Waals surface area contributed by atoms with Crippen LogP contribution in [0, 0.1) is 0 Å². The van der Waals surface area contributed by atoms with E-state index >= 15 is 0 Å². The molecule has 96 valence electrons. The largest absolute Gasteiger partial charge is 0.330 e. The lowest BCUT2D eigenvalue weighted by Crippen LogP contribution is -2.04. The van der Waals surface area contributed by atoms with Gasteiger partial charge in [0.1, 0.15) is 5.65 Å². The first-order valence-corrected chi connectivity index (χ1v) is 7.01. The molecule has 0 aliphatic heterocycles. The van der Waals surface area contributed by atoms with Crippen LogP contribution in [0.4, 0.5) is 0 Å². The summed E-state index contributed by atoms with van der Waals surface area (Å²) in [4.78, 5) is 4.68. The van der Waals surface area contributed by atoms with Gasteiger partial charge in [0, 0.05) is 22.7 Å². The van der Waals surface area contributed by atoms with E-state index in [1.165, 1.54) is 0 Å². The molecule has 0 fully saturated rings. The molecule has 3 nitrogen and oxygen atoms in total. The van der Waals surface area contributed by atoms with Gasteiger partial charge in [-0.3, -0.25) is 4.40 Å². The molecule has 0 radical (unpaired) electrons.